The quantitative estimate of drug-likeness (QED) is 0.718. The van der Waals surface area contributed by atoms with E-state index in [-0.39, 0.29) is 21.2 Å². The number of hydrogen-bond acceptors (Lipinski definition) is 0. The largest absolute Gasteiger partial charge is 0.352 e. The Balaban J connectivity index is 1.96. The summed E-state index contributed by atoms with van der Waals surface area (Å²) < 4.78 is 3.31. The van der Waals surface area contributed by atoms with Crippen LogP contribution < -0.4 is 21.2 Å². The average Bonchev–Trinajstić information content (AvgIpc) is 2.30. The first-order valence-corrected chi connectivity index (χ1v) is 8.60. The van der Waals surface area contributed by atoms with Crippen molar-refractivity contribution in [1.82, 2.24) is 0 Å². The Morgan fingerprint density at radius 3 is 2.35 bits per heavy atom. The zero-order valence-electron chi connectivity index (χ0n) is 11.0. The normalized spacial score (nSPS) is 21.1. The Bertz CT molecular complexity index is 384. The van der Waals surface area contributed by atoms with Crippen LogP contribution in [0.2, 0.25) is 0 Å². The standard InChI is InChI=1S/C16H22I/c1-16(2,3)13-9-11-15(12-10-13)17-14-7-5-4-6-8-14/h4-8,11,13H,9-10,12H2,1-3H3/q+1. The Morgan fingerprint density at radius 2 is 1.82 bits per heavy atom. The zero-order chi connectivity index (χ0) is 12.3. The molecule has 0 N–H and O–H groups in total. The first-order valence-electron chi connectivity index (χ1n) is 6.44. The van der Waals surface area contributed by atoms with E-state index >= 15 is 0 Å². The summed E-state index contributed by atoms with van der Waals surface area (Å²) in [5.74, 6) is 0.881. The lowest BCUT2D eigenvalue weighted by molar-refractivity contribution is -0.579. The van der Waals surface area contributed by atoms with Crippen molar-refractivity contribution in [3.05, 3.63) is 43.6 Å². The number of allylic oxidation sites excluding steroid dienone is 2. The molecule has 0 nitrogen and oxygen atoms in total. The van der Waals surface area contributed by atoms with Crippen LogP contribution in [0.5, 0.6) is 0 Å². The van der Waals surface area contributed by atoms with Crippen LogP contribution in [0.4, 0.5) is 0 Å². The second-order valence-electron chi connectivity index (χ2n) is 5.88. The predicted octanol–water partition coefficient (Wildman–Crippen LogP) is 1.68. The molecule has 1 aromatic carbocycles. The fourth-order valence-corrected chi connectivity index (χ4v) is 4.92. The Labute approximate surface area is 116 Å². The van der Waals surface area contributed by atoms with Gasteiger partial charge in [0.1, 0.15) is 0 Å². The van der Waals surface area contributed by atoms with Crippen molar-refractivity contribution in [3.63, 3.8) is 0 Å². The van der Waals surface area contributed by atoms with Gasteiger partial charge in [-0.15, -0.1) is 0 Å². The molecule has 92 valence electrons. The number of hydrogen-bond donors (Lipinski definition) is 0. The molecule has 1 aliphatic rings. The summed E-state index contributed by atoms with van der Waals surface area (Å²) in [6.07, 6.45) is 6.57. The van der Waals surface area contributed by atoms with E-state index in [0.29, 0.717) is 5.41 Å². The van der Waals surface area contributed by atoms with E-state index in [0.717, 1.165) is 5.92 Å². The minimum atomic E-state index is 0.111. The van der Waals surface area contributed by atoms with Crippen molar-refractivity contribution in [2.75, 3.05) is 0 Å². The van der Waals surface area contributed by atoms with Gasteiger partial charge in [0, 0.05) is 6.42 Å². The Hall–Kier alpha value is -0.310. The van der Waals surface area contributed by atoms with Crippen molar-refractivity contribution in [2.45, 2.75) is 40.0 Å². The highest BCUT2D eigenvalue weighted by molar-refractivity contribution is 5.03. The molecule has 1 aromatic rings. The van der Waals surface area contributed by atoms with Crippen LogP contribution in [0.25, 0.3) is 0 Å². The molecule has 0 saturated heterocycles. The van der Waals surface area contributed by atoms with E-state index in [9.17, 15) is 0 Å². The summed E-state index contributed by atoms with van der Waals surface area (Å²) in [6.45, 7) is 7.13. The van der Waals surface area contributed by atoms with Gasteiger partial charge in [-0.05, 0) is 42.4 Å². The number of benzene rings is 1. The molecule has 0 saturated carbocycles. The second-order valence-corrected chi connectivity index (χ2v) is 9.05. The zero-order valence-corrected chi connectivity index (χ0v) is 13.2. The Morgan fingerprint density at radius 1 is 1.12 bits per heavy atom. The van der Waals surface area contributed by atoms with Crippen LogP contribution in [-0.4, -0.2) is 0 Å². The van der Waals surface area contributed by atoms with Crippen molar-refractivity contribution >= 4 is 0 Å². The van der Waals surface area contributed by atoms with Gasteiger partial charge in [0.25, 0.3) is 0 Å². The second kappa shape index (κ2) is 5.55. The highest BCUT2D eigenvalue weighted by Crippen LogP contribution is 2.35. The van der Waals surface area contributed by atoms with Crippen molar-refractivity contribution in [1.29, 1.82) is 0 Å². The molecule has 0 radical (unpaired) electrons. The molecule has 0 amide bonds. The summed E-state index contributed by atoms with van der Waals surface area (Å²) in [7, 11) is 0. The summed E-state index contributed by atoms with van der Waals surface area (Å²) in [4.78, 5) is 0. The fourth-order valence-electron chi connectivity index (χ4n) is 2.29. The molecule has 0 aliphatic heterocycles. The van der Waals surface area contributed by atoms with Crippen LogP contribution in [0, 0.1) is 14.9 Å². The number of rotatable bonds is 2. The van der Waals surface area contributed by atoms with Gasteiger partial charge in [-0.25, -0.2) is 0 Å². The SMILES string of the molecule is CC(C)(C)C1CC=C([I+]c2ccccc2)CC1. The molecule has 1 aliphatic carbocycles. The lowest BCUT2D eigenvalue weighted by Crippen LogP contribution is -3.61. The van der Waals surface area contributed by atoms with Gasteiger partial charge in [0.2, 0.25) is 0 Å². The molecule has 1 heteroatoms. The molecule has 1 atom stereocenters. The van der Waals surface area contributed by atoms with Crippen LogP contribution in [0.15, 0.2) is 40.0 Å². The molecule has 0 bridgehead atoms. The van der Waals surface area contributed by atoms with Crippen LogP contribution in [0.3, 0.4) is 0 Å². The molecule has 0 aromatic heterocycles. The molecule has 1 unspecified atom stereocenters. The van der Waals surface area contributed by atoms with Crippen molar-refractivity contribution in [3.8, 4) is 0 Å². The lowest BCUT2D eigenvalue weighted by Gasteiger charge is -2.31. The molecular weight excluding hydrogens is 319 g/mol. The van der Waals surface area contributed by atoms with E-state index in [1.807, 2.05) is 0 Å². The van der Waals surface area contributed by atoms with E-state index < -0.39 is 0 Å². The molecule has 0 heterocycles. The first-order chi connectivity index (χ1) is 8.05. The maximum atomic E-state index is 2.54. The highest BCUT2D eigenvalue weighted by atomic mass is 127. The highest BCUT2D eigenvalue weighted by Gasteiger charge is 2.30. The molecule has 17 heavy (non-hydrogen) atoms. The molecular formula is C16H22I+. The third kappa shape index (κ3) is 3.84. The lowest BCUT2D eigenvalue weighted by atomic mass is 9.74. The predicted molar refractivity (Wildman–Crippen MR) is 70.0 cm³/mol. The third-order valence-corrected chi connectivity index (χ3v) is 6.56. The first kappa shape index (κ1) is 13.1. The van der Waals surface area contributed by atoms with E-state index in [4.69, 9.17) is 0 Å². The Kier molecular flexibility index (Phi) is 4.29. The maximum Gasteiger partial charge on any atom is 0.352 e. The maximum absolute atomic E-state index is 2.54. The summed E-state index contributed by atoms with van der Waals surface area (Å²) in [5, 5.41) is 0. The average molecular weight is 341 g/mol. The van der Waals surface area contributed by atoms with Gasteiger partial charge in [-0.2, -0.15) is 0 Å². The molecule has 2 rings (SSSR count). The summed E-state index contributed by atoms with van der Waals surface area (Å²) in [5.41, 5.74) is 0.479. The van der Waals surface area contributed by atoms with Gasteiger partial charge in [-0.3, -0.25) is 0 Å². The van der Waals surface area contributed by atoms with Gasteiger partial charge >= 0.3 is 21.2 Å². The monoisotopic (exact) mass is 341 g/mol. The smallest absolute Gasteiger partial charge is 0.0619 e. The van der Waals surface area contributed by atoms with Crippen LogP contribution in [-0.2, 0) is 0 Å². The van der Waals surface area contributed by atoms with Gasteiger partial charge in [0.05, 0.1) is 0 Å². The molecule has 0 spiro atoms. The number of halogens is 1. The van der Waals surface area contributed by atoms with Gasteiger partial charge < -0.3 is 0 Å². The van der Waals surface area contributed by atoms with Crippen LogP contribution >= 0.6 is 0 Å². The minimum Gasteiger partial charge on any atom is -0.0619 e. The summed E-state index contributed by atoms with van der Waals surface area (Å²) in [6, 6.07) is 11.0. The van der Waals surface area contributed by atoms with E-state index in [1.54, 1.807) is 7.15 Å². The molecule has 0 fully saturated rings. The summed E-state index contributed by atoms with van der Waals surface area (Å²) >= 11 is 0.111. The van der Waals surface area contributed by atoms with Crippen LogP contribution in [0.1, 0.15) is 40.0 Å². The topological polar surface area (TPSA) is 0 Å². The minimum absolute atomic E-state index is 0.111. The fraction of sp³-hybridized carbons (Fsp3) is 0.500. The van der Waals surface area contributed by atoms with Gasteiger partial charge in [0.15, 0.2) is 7.15 Å². The van der Waals surface area contributed by atoms with Gasteiger partial charge in [-0.1, -0.05) is 39.0 Å². The van der Waals surface area contributed by atoms with Crippen molar-refractivity contribution < 1.29 is 21.2 Å². The third-order valence-electron chi connectivity index (χ3n) is 3.54. The van der Waals surface area contributed by atoms with E-state index in [2.05, 4.69) is 57.2 Å². The van der Waals surface area contributed by atoms with Crippen molar-refractivity contribution in [2.24, 2.45) is 11.3 Å². The van der Waals surface area contributed by atoms with E-state index in [1.165, 1.54) is 19.3 Å².